The molecule has 0 saturated carbocycles. The van der Waals surface area contributed by atoms with E-state index < -0.39 is 29.4 Å². The van der Waals surface area contributed by atoms with Crippen molar-refractivity contribution in [2.45, 2.75) is 118 Å². The van der Waals surface area contributed by atoms with Crippen LogP contribution in [0.5, 0.6) is 0 Å². The molecule has 4 aromatic carbocycles. The highest BCUT2D eigenvalue weighted by Crippen LogP contribution is 2.24. The number of aromatic carboxylic acids is 1. The number of hydrogen-bond donors (Lipinski definition) is 6. The molecule has 0 saturated heterocycles. The Kier molecular flexibility index (Phi) is 21.9. The van der Waals surface area contributed by atoms with Crippen molar-refractivity contribution in [1.82, 2.24) is 16.0 Å². The molecule has 0 aliphatic heterocycles. The summed E-state index contributed by atoms with van der Waals surface area (Å²) in [6.07, 6.45) is 4.71. The number of nitrogens with one attached hydrogen (secondary N) is 5. The lowest BCUT2D eigenvalue weighted by molar-refractivity contribution is -0.117. The van der Waals surface area contributed by atoms with E-state index in [0.29, 0.717) is 49.6 Å². The van der Waals surface area contributed by atoms with Gasteiger partial charge in [0, 0.05) is 49.4 Å². The normalized spacial score (nSPS) is 11.0. The minimum atomic E-state index is -0.955. The van der Waals surface area contributed by atoms with Gasteiger partial charge in [0.15, 0.2) is 0 Å². The molecular formula is C52H69N5O9. The van der Waals surface area contributed by atoms with Crippen molar-refractivity contribution in [2.24, 2.45) is 5.92 Å². The summed E-state index contributed by atoms with van der Waals surface area (Å²) >= 11 is 0. The van der Waals surface area contributed by atoms with Crippen LogP contribution in [-0.4, -0.2) is 71.8 Å². The first-order valence-electron chi connectivity index (χ1n) is 22.6. The van der Waals surface area contributed by atoms with Crippen LogP contribution in [0.25, 0.3) is 22.3 Å². The van der Waals surface area contributed by atoms with Crippen molar-refractivity contribution >= 4 is 47.3 Å². The highest BCUT2D eigenvalue weighted by Gasteiger charge is 2.17. The average Bonchev–Trinajstić information content (AvgIpc) is 3.25. The summed E-state index contributed by atoms with van der Waals surface area (Å²) in [5.41, 5.74) is 5.18. The highest BCUT2D eigenvalue weighted by atomic mass is 16.6. The van der Waals surface area contributed by atoms with Gasteiger partial charge in [0.1, 0.15) is 11.2 Å². The molecule has 0 radical (unpaired) electrons. The molecule has 5 amide bonds. The third-order valence-corrected chi connectivity index (χ3v) is 9.45. The number of hydrogen-bond acceptors (Lipinski definition) is 8. The summed E-state index contributed by atoms with van der Waals surface area (Å²) in [5.74, 6) is -0.704. The monoisotopic (exact) mass is 908 g/mol. The summed E-state index contributed by atoms with van der Waals surface area (Å²) in [5, 5.41) is 23.1. The van der Waals surface area contributed by atoms with Crippen LogP contribution in [0, 0.1) is 5.92 Å². The first kappa shape index (κ1) is 53.6. The number of ether oxygens (including phenoxy) is 2. The highest BCUT2D eigenvalue weighted by molar-refractivity contribution is 5.95. The smallest absolute Gasteiger partial charge is 0.407 e. The van der Waals surface area contributed by atoms with Crippen molar-refractivity contribution in [3.05, 3.63) is 108 Å². The standard InChI is InChI=1S/C28H39N3O4.C24H30N2O5/c1-20(2)19-30-26(33)23-12-10-21(11-13-23)22-14-16-24(17-15-22)31-25(32)9-7-6-8-18-29-27(34)35-28(3,4)5;1-24(2,3)31-23(30)25-16-6-4-5-7-21(27)26-20-14-12-18(13-15-20)17-8-10-19(11-9-17)22(28)29/h10-17,20H,6-9,18-19H2,1-5H3,(H,29,34)(H,30,33)(H,31,32);8-15H,4-7,16H2,1-3H3,(H,25,30)(H,26,27)(H,28,29). The maximum atomic E-state index is 12.2. The van der Waals surface area contributed by atoms with E-state index in [2.05, 4.69) is 40.4 Å². The van der Waals surface area contributed by atoms with Crippen LogP contribution in [-0.2, 0) is 19.1 Å². The van der Waals surface area contributed by atoms with E-state index in [1.165, 1.54) is 0 Å². The topological polar surface area (TPSA) is 201 Å². The molecule has 4 aromatic rings. The van der Waals surface area contributed by atoms with Crippen LogP contribution in [0.1, 0.15) is 127 Å². The van der Waals surface area contributed by atoms with Crippen LogP contribution in [0.2, 0.25) is 0 Å². The van der Waals surface area contributed by atoms with Gasteiger partial charge >= 0.3 is 18.2 Å². The number of unbranched alkanes of at least 4 members (excludes halogenated alkanes) is 4. The van der Waals surface area contributed by atoms with Gasteiger partial charge in [0.25, 0.3) is 5.91 Å². The Labute approximate surface area is 390 Å². The fourth-order valence-electron chi connectivity index (χ4n) is 6.14. The third-order valence-electron chi connectivity index (χ3n) is 9.45. The van der Waals surface area contributed by atoms with E-state index in [4.69, 9.17) is 14.6 Å². The van der Waals surface area contributed by atoms with Crippen molar-refractivity contribution in [1.29, 1.82) is 0 Å². The molecule has 0 aliphatic carbocycles. The maximum absolute atomic E-state index is 12.2. The van der Waals surface area contributed by atoms with E-state index in [-0.39, 0.29) is 23.3 Å². The molecule has 14 nitrogen and oxygen atoms in total. The summed E-state index contributed by atoms with van der Waals surface area (Å²) in [7, 11) is 0. The van der Waals surface area contributed by atoms with Crippen LogP contribution >= 0.6 is 0 Å². The Hall–Kier alpha value is -6.70. The van der Waals surface area contributed by atoms with Gasteiger partial charge in [-0.2, -0.15) is 0 Å². The van der Waals surface area contributed by atoms with Gasteiger partial charge in [0.05, 0.1) is 5.56 Å². The molecule has 0 fully saturated rings. The Morgan fingerprint density at radius 3 is 1.17 bits per heavy atom. The van der Waals surface area contributed by atoms with Gasteiger partial charge in [-0.25, -0.2) is 14.4 Å². The Bertz CT molecular complexity index is 2160. The lowest BCUT2D eigenvalue weighted by Gasteiger charge is -2.19. The zero-order chi connectivity index (χ0) is 48.7. The minimum Gasteiger partial charge on any atom is -0.478 e. The first-order valence-corrected chi connectivity index (χ1v) is 22.6. The predicted octanol–water partition coefficient (Wildman–Crippen LogP) is 10.8. The Morgan fingerprint density at radius 1 is 0.485 bits per heavy atom. The molecular weight excluding hydrogens is 839 g/mol. The number of carbonyl (C=O) groups excluding carboxylic acids is 5. The molecule has 66 heavy (non-hydrogen) atoms. The fraction of sp³-hybridized carbons (Fsp3) is 0.423. The molecule has 6 N–H and O–H groups in total. The number of amides is 5. The molecule has 0 aliphatic rings. The quantitative estimate of drug-likeness (QED) is 0.0467. The molecule has 4 rings (SSSR count). The predicted molar refractivity (Wildman–Crippen MR) is 261 cm³/mol. The first-order chi connectivity index (χ1) is 31.2. The molecule has 0 spiro atoms. The van der Waals surface area contributed by atoms with E-state index in [0.717, 1.165) is 66.5 Å². The SMILES string of the molecule is CC(C)(C)OC(=O)NCCCCCC(=O)Nc1ccc(-c2ccc(C(=O)O)cc2)cc1.CC(C)CNC(=O)c1ccc(-c2ccc(NC(=O)CCCCCNC(=O)OC(C)(C)C)cc2)cc1. The largest absolute Gasteiger partial charge is 0.478 e. The zero-order valence-corrected chi connectivity index (χ0v) is 39.8. The maximum Gasteiger partial charge on any atom is 0.407 e. The van der Waals surface area contributed by atoms with Crippen molar-refractivity contribution < 1.29 is 43.3 Å². The molecule has 14 heteroatoms. The second-order valence-electron chi connectivity index (χ2n) is 18.3. The van der Waals surface area contributed by atoms with Crippen LogP contribution < -0.4 is 26.6 Å². The number of benzene rings is 4. The number of alkyl carbamates (subject to hydrolysis) is 2. The summed E-state index contributed by atoms with van der Waals surface area (Å²) in [6, 6.07) is 29.2. The van der Waals surface area contributed by atoms with Gasteiger partial charge in [-0.05, 0) is 144 Å². The number of carbonyl (C=O) groups is 6. The van der Waals surface area contributed by atoms with Gasteiger partial charge in [0.2, 0.25) is 11.8 Å². The van der Waals surface area contributed by atoms with E-state index in [1.807, 2.05) is 114 Å². The summed E-state index contributed by atoms with van der Waals surface area (Å²) in [6.45, 7) is 16.7. The van der Waals surface area contributed by atoms with Crippen LogP contribution in [0.3, 0.4) is 0 Å². The number of anilines is 2. The molecule has 356 valence electrons. The van der Waals surface area contributed by atoms with Crippen molar-refractivity contribution in [3.8, 4) is 22.3 Å². The molecule has 0 bridgehead atoms. The van der Waals surface area contributed by atoms with Crippen LogP contribution in [0.4, 0.5) is 21.0 Å². The third kappa shape index (κ3) is 22.3. The van der Waals surface area contributed by atoms with Crippen LogP contribution in [0.15, 0.2) is 97.1 Å². The van der Waals surface area contributed by atoms with E-state index in [9.17, 15) is 28.8 Å². The van der Waals surface area contributed by atoms with Gasteiger partial charge < -0.3 is 41.2 Å². The second kappa shape index (κ2) is 26.9. The zero-order valence-electron chi connectivity index (χ0n) is 39.8. The van der Waals surface area contributed by atoms with Crippen molar-refractivity contribution in [2.75, 3.05) is 30.3 Å². The lowest BCUT2D eigenvalue weighted by Crippen LogP contribution is -2.33. The van der Waals surface area contributed by atoms with E-state index >= 15 is 0 Å². The minimum absolute atomic E-state index is 0.0328. The van der Waals surface area contributed by atoms with Gasteiger partial charge in [-0.3, -0.25) is 14.4 Å². The summed E-state index contributed by atoms with van der Waals surface area (Å²) in [4.78, 5) is 70.6. The lowest BCUT2D eigenvalue weighted by atomic mass is 10.0. The fourth-order valence-corrected chi connectivity index (χ4v) is 6.14. The van der Waals surface area contributed by atoms with Crippen molar-refractivity contribution in [3.63, 3.8) is 0 Å². The Morgan fingerprint density at radius 2 is 0.833 bits per heavy atom. The Balaban J connectivity index is 0.000000353. The molecule has 0 aromatic heterocycles. The van der Waals surface area contributed by atoms with E-state index in [1.54, 1.807) is 24.3 Å². The summed E-state index contributed by atoms with van der Waals surface area (Å²) < 4.78 is 10.3. The number of rotatable bonds is 20. The van der Waals surface area contributed by atoms with Gasteiger partial charge in [-0.1, -0.05) is 75.2 Å². The number of carboxylic acid groups (broad SMARTS) is 1. The van der Waals surface area contributed by atoms with Gasteiger partial charge in [-0.15, -0.1) is 0 Å². The average molecular weight is 908 g/mol. The second-order valence-corrected chi connectivity index (χ2v) is 18.3. The number of carboxylic acids is 1. The molecule has 0 atom stereocenters. The molecule has 0 heterocycles. The molecule has 0 unspecified atom stereocenters.